The molecule has 0 bridgehead atoms. The Kier molecular flexibility index (Phi) is 4.77. The van der Waals surface area contributed by atoms with Gasteiger partial charge in [0.05, 0.1) is 23.8 Å². The monoisotopic (exact) mass is 312 g/mol. The quantitative estimate of drug-likeness (QED) is 0.811. The van der Waals surface area contributed by atoms with Crippen molar-refractivity contribution in [1.29, 1.82) is 10.5 Å². The van der Waals surface area contributed by atoms with Crippen molar-refractivity contribution in [3.05, 3.63) is 58.9 Å². The summed E-state index contributed by atoms with van der Waals surface area (Å²) in [6, 6.07) is 12.6. The lowest BCUT2D eigenvalue weighted by atomic mass is 10.1. The van der Waals surface area contributed by atoms with Crippen LogP contribution in [-0.2, 0) is 4.74 Å². The van der Waals surface area contributed by atoms with Crippen molar-refractivity contribution in [1.82, 2.24) is 0 Å². The van der Waals surface area contributed by atoms with Crippen molar-refractivity contribution in [2.75, 3.05) is 7.11 Å². The highest BCUT2D eigenvalue weighted by Gasteiger charge is 2.14. The summed E-state index contributed by atoms with van der Waals surface area (Å²) in [5.74, 6) is -1.22. The van der Waals surface area contributed by atoms with Crippen LogP contribution in [0.25, 0.3) is 0 Å². The first-order chi connectivity index (χ1) is 10.6. The molecule has 4 nitrogen and oxygen atoms in total. The molecular weight excluding hydrogens is 303 g/mol. The Hall–Kier alpha value is -2.83. The van der Waals surface area contributed by atoms with Crippen LogP contribution >= 0.6 is 11.8 Å². The third kappa shape index (κ3) is 3.08. The van der Waals surface area contributed by atoms with Gasteiger partial charge in [-0.3, -0.25) is 0 Å². The molecular formula is C16H9FN2O2S. The molecule has 2 rings (SSSR count). The Bertz CT molecular complexity index is 822. The summed E-state index contributed by atoms with van der Waals surface area (Å²) in [4.78, 5) is 12.1. The number of ether oxygens (including phenoxy) is 1. The molecule has 0 unspecified atom stereocenters. The number of nitrogens with zero attached hydrogens (tertiary/aromatic N) is 2. The van der Waals surface area contributed by atoms with Crippen LogP contribution < -0.4 is 0 Å². The SMILES string of the molecule is COC(=O)c1ccc(Sc2cccc(C#N)c2C#N)c(F)c1. The van der Waals surface area contributed by atoms with Gasteiger partial charge in [-0.2, -0.15) is 10.5 Å². The fraction of sp³-hybridized carbons (Fsp3) is 0.0625. The molecule has 0 aromatic heterocycles. The largest absolute Gasteiger partial charge is 0.465 e. The Morgan fingerprint density at radius 1 is 1.18 bits per heavy atom. The zero-order valence-electron chi connectivity index (χ0n) is 11.5. The van der Waals surface area contributed by atoms with Crippen molar-refractivity contribution >= 4 is 17.7 Å². The number of halogens is 1. The predicted octanol–water partition coefficient (Wildman–Crippen LogP) is 3.51. The minimum Gasteiger partial charge on any atom is -0.465 e. The molecule has 0 radical (unpaired) electrons. The summed E-state index contributed by atoms with van der Waals surface area (Å²) in [6.45, 7) is 0. The number of carbonyl (C=O) groups excluding carboxylic acids is 1. The molecule has 0 fully saturated rings. The number of rotatable bonds is 3. The molecule has 0 atom stereocenters. The van der Waals surface area contributed by atoms with Gasteiger partial charge in [-0.15, -0.1) is 0 Å². The van der Waals surface area contributed by atoms with Crippen molar-refractivity contribution < 1.29 is 13.9 Å². The van der Waals surface area contributed by atoms with Crippen LogP contribution in [0.2, 0.25) is 0 Å². The fourth-order valence-corrected chi connectivity index (χ4v) is 2.71. The first-order valence-electron chi connectivity index (χ1n) is 6.09. The maximum Gasteiger partial charge on any atom is 0.337 e. The molecule has 0 N–H and O–H groups in total. The lowest BCUT2D eigenvalue weighted by molar-refractivity contribution is 0.0600. The smallest absolute Gasteiger partial charge is 0.337 e. The van der Waals surface area contributed by atoms with E-state index < -0.39 is 11.8 Å². The van der Waals surface area contributed by atoms with E-state index in [0.29, 0.717) is 4.90 Å². The number of esters is 1. The van der Waals surface area contributed by atoms with Gasteiger partial charge in [0.1, 0.15) is 18.0 Å². The molecule has 0 aliphatic heterocycles. The topological polar surface area (TPSA) is 73.9 Å². The van der Waals surface area contributed by atoms with Gasteiger partial charge in [0, 0.05) is 9.79 Å². The van der Waals surface area contributed by atoms with Crippen molar-refractivity contribution in [2.24, 2.45) is 0 Å². The van der Waals surface area contributed by atoms with E-state index in [9.17, 15) is 9.18 Å². The highest BCUT2D eigenvalue weighted by Crippen LogP contribution is 2.33. The molecule has 0 aliphatic rings. The molecule has 6 heteroatoms. The van der Waals surface area contributed by atoms with Crippen molar-refractivity contribution in [3.63, 3.8) is 0 Å². The molecule has 2 aromatic carbocycles. The maximum atomic E-state index is 14.1. The first kappa shape index (κ1) is 15.6. The molecule has 0 amide bonds. The third-order valence-corrected chi connectivity index (χ3v) is 3.94. The number of hydrogen-bond donors (Lipinski definition) is 0. The number of carbonyl (C=O) groups is 1. The van der Waals surface area contributed by atoms with Gasteiger partial charge in [-0.25, -0.2) is 9.18 Å². The highest BCUT2D eigenvalue weighted by atomic mass is 32.2. The van der Waals surface area contributed by atoms with Crippen LogP contribution in [0.4, 0.5) is 4.39 Å². The van der Waals surface area contributed by atoms with Gasteiger partial charge in [0.25, 0.3) is 0 Å². The average molecular weight is 312 g/mol. The van der Waals surface area contributed by atoms with E-state index in [2.05, 4.69) is 4.74 Å². The lowest BCUT2D eigenvalue weighted by Crippen LogP contribution is -2.01. The standard InChI is InChI=1S/C16H9FN2O2S/c1-21-16(20)10-5-6-15(13(17)7-10)22-14-4-2-3-11(8-18)12(14)9-19/h2-7H,1H3. The summed E-state index contributed by atoms with van der Waals surface area (Å²) in [7, 11) is 1.22. The van der Waals surface area contributed by atoms with Gasteiger partial charge >= 0.3 is 5.97 Å². The van der Waals surface area contributed by atoms with E-state index in [1.165, 1.54) is 25.3 Å². The summed E-state index contributed by atoms with van der Waals surface area (Å²) < 4.78 is 18.6. The second-order valence-electron chi connectivity index (χ2n) is 4.14. The van der Waals surface area contributed by atoms with Crippen LogP contribution in [0, 0.1) is 28.5 Å². The van der Waals surface area contributed by atoms with E-state index in [1.807, 2.05) is 12.1 Å². The molecule has 0 heterocycles. The second-order valence-corrected chi connectivity index (χ2v) is 5.22. The fourth-order valence-electron chi connectivity index (χ4n) is 1.77. The number of nitriles is 2. The highest BCUT2D eigenvalue weighted by molar-refractivity contribution is 7.99. The normalized spacial score (nSPS) is 9.64. The van der Waals surface area contributed by atoms with Gasteiger partial charge in [-0.1, -0.05) is 17.8 Å². The van der Waals surface area contributed by atoms with Gasteiger partial charge in [0.15, 0.2) is 0 Å². The van der Waals surface area contributed by atoms with Crippen molar-refractivity contribution in [2.45, 2.75) is 9.79 Å². The summed E-state index contributed by atoms with van der Waals surface area (Å²) in [5, 5.41) is 18.1. The average Bonchev–Trinajstić information content (AvgIpc) is 2.55. The summed E-state index contributed by atoms with van der Waals surface area (Å²) in [6.07, 6.45) is 0. The third-order valence-electron chi connectivity index (χ3n) is 2.83. The Morgan fingerprint density at radius 2 is 1.95 bits per heavy atom. The van der Waals surface area contributed by atoms with E-state index in [1.54, 1.807) is 12.1 Å². The molecule has 0 saturated carbocycles. The van der Waals surface area contributed by atoms with Crippen LogP contribution in [0.1, 0.15) is 21.5 Å². The molecule has 0 saturated heterocycles. The predicted molar refractivity (Wildman–Crippen MR) is 77.7 cm³/mol. The Balaban J connectivity index is 2.39. The Morgan fingerprint density at radius 3 is 2.55 bits per heavy atom. The zero-order chi connectivity index (χ0) is 16.1. The summed E-state index contributed by atoms with van der Waals surface area (Å²) in [5.41, 5.74) is 0.543. The minimum absolute atomic E-state index is 0.107. The zero-order valence-corrected chi connectivity index (χ0v) is 12.3. The van der Waals surface area contributed by atoms with Gasteiger partial charge < -0.3 is 4.74 Å². The van der Waals surface area contributed by atoms with E-state index in [-0.39, 0.29) is 21.6 Å². The maximum absolute atomic E-state index is 14.1. The van der Waals surface area contributed by atoms with Gasteiger partial charge in [-0.05, 0) is 30.3 Å². The minimum atomic E-state index is -0.625. The van der Waals surface area contributed by atoms with Crippen molar-refractivity contribution in [3.8, 4) is 12.1 Å². The van der Waals surface area contributed by atoms with E-state index in [4.69, 9.17) is 10.5 Å². The van der Waals surface area contributed by atoms with E-state index in [0.717, 1.165) is 17.8 Å². The van der Waals surface area contributed by atoms with Gasteiger partial charge in [0.2, 0.25) is 0 Å². The van der Waals surface area contributed by atoms with Crippen LogP contribution in [-0.4, -0.2) is 13.1 Å². The van der Waals surface area contributed by atoms with E-state index >= 15 is 0 Å². The molecule has 0 spiro atoms. The number of methoxy groups -OCH3 is 1. The second kappa shape index (κ2) is 6.75. The molecule has 22 heavy (non-hydrogen) atoms. The lowest BCUT2D eigenvalue weighted by Gasteiger charge is -2.07. The van der Waals surface area contributed by atoms with Crippen LogP contribution in [0.5, 0.6) is 0 Å². The number of hydrogen-bond acceptors (Lipinski definition) is 5. The summed E-state index contributed by atoms with van der Waals surface area (Å²) >= 11 is 1.02. The first-order valence-corrected chi connectivity index (χ1v) is 6.91. The van der Waals surface area contributed by atoms with Crippen LogP contribution in [0.15, 0.2) is 46.2 Å². The molecule has 108 valence electrons. The van der Waals surface area contributed by atoms with Crippen LogP contribution in [0.3, 0.4) is 0 Å². The molecule has 2 aromatic rings. The Labute approximate surface area is 130 Å². The number of benzene rings is 2. The molecule has 0 aliphatic carbocycles.